The van der Waals surface area contributed by atoms with Gasteiger partial charge >= 0.3 is 5.97 Å². The van der Waals surface area contributed by atoms with Crippen LogP contribution in [0.3, 0.4) is 0 Å². The minimum Gasteiger partial charge on any atom is -0.469 e. The number of hydrogen-bond donors (Lipinski definition) is 2. The van der Waals surface area contributed by atoms with Gasteiger partial charge in [-0.25, -0.2) is 19.7 Å². The molecule has 0 spiro atoms. The number of rotatable bonds is 9. The molecule has 0 fully saturated rings. The molecule has 0 saturated carbocycles. The Morgan fingerprint density at radius 2 is 1.49 bits per heavy atom. The van der Waals surface area contributed by atoms with E-state index in [1.165, 1.54) is 14.2 Å². The molecule has 224 valence electrons. The third-order valence-corrected chi connectivity index (χ3v) is 8.24. The molecule has 43 heavy (non-hydrogen) atoms. The maximum Gasteiger partial charge on any atom is 0.305 e. The number of methoxy groups -OCH3 is 1. The van der Waals surface area contributed by atoms with Crippen molar-refractivity contribution in [1.82, 2.24) is 19.9 Å². The number of ether oxygens (including phenoxy) is 1. The lowest BCUT2D eigenvalue weighted by molar-refractivity contribution is -0.272. The van der Waals surface area contributed by atoms with Gasteiger partial charge in [-0.2, -0.15) is 0 Å². The Labute approximate surface area is 251 Å². The lowest BCUT2D eigenvalue weighted by Gasteiger charge is -2.05. The summed E-state index contributed by atoms with van der Waals surface area (Å²) in [5.74, 6) is -0.284. The van der Waals surface area contributed by atoms with Gasteiger partial charge in [-0.05, 0) is 118 Å². The number of fused-ring (bicyclic) bond motifs is 8. The Morgan fingerprint density at radius 1 is 0.791 bits per heavy atom. The number of carbonyl (C=O) groups excluding carboxylic acids is 2. The van der Waals surface area contributed by atoms with Crippen molar-refractivity contribution in [2.24, 2.45) is 0 Å². The van der Waals surface area contributed by atoms with E-state index >= 15 is 0 Å². The molecule has 0 atom stereocenters. The molecule has 0 amide bonds. The van der Waals surface area contributed by atoms with E-state index in [0.717, 1.165) is 85.4 Å². The van der Waals surface area contributed by atoms with Crippen LogP contribution in [0.4, 0.5) is 0 Å². The number of ketones is 1. The normalized spacial score (nSPS) is 13.2. The largest absolute Gasteiger partial charge is 0.469 e. The van der Waals surface area contributed by atoms with Gasteiger partial charge in [0.15, 0.2) is 5.78 Å². The van der Waals surface area contributed by atoms with Crippen LogP contribution < -0.4 is 0 Å². The van der Waals surface area contributed by atoms with Gasteiger partial charge in [-0.3, -0.25) is 9.59 Å². The number of aromatic amines is 2. The lowest BCUT2D eigenvalue weighted by Crippen LogP contribution is -2.00. The first-order chi connectivity index (χ1) is 20.6. The third-order valence-electron chi connectivity index (χ3n) is 8.24. The van der Waals surface area contributed by atoms with Crippen LogP contribution >= 0.6 is 0 Å². The molecule has 9 heteroatoms. The van der Waals surface area contributed by atoms with Gasteiger partial charge < -0.3 is 14.7 Å². The summed E-state index contributed by atoms with van der Waals surface area (Å²) in [5.41, 5.74) is 13.4. The fourth-order valence-electron chi connectivity index (χ4n) is 5.86. The Kier molecular flexibility index (Phi) is 8.75. The number of allylic oxidation sites excluding steroid dienone is 4. The Morgan fingerprint density at radius 3 is 2.21 bits per heavy atom. The number of esters is 1. The number of nitrogens with zero attached hydrogens (tertiary/aromatic N) is 2. The van der Waals surface area contributed by atoms with Crippen molar-refractivity contribution < 1.29 is 24.1 Å². The molecular weight excluding hydrogens is 544 g/mol. The van der Waals surface area contributed by atoms with Crippen molar-refractivity contribution in [3.63, 3.8) is 0 Å². The molecule has 0 aromatic carbocycles. The molecule has 0 saturated heterocycles. The van der Waals surface area contributed by atoms with Gasteiger partial charge in [0.25, 0.3) is 0 Å². The van der Waals surface area contributed by atoms with Gasteiger partial charge in [-0.15, -0.1) is 0 Å². The maximum atomic E-state index is 12.8. The predicted molar refractivity (Wildman–Crippen MR) is 169 cm³/mol. The van der Waals surface area contributed by atoms with E-state index in [-0.39, 0.29) is 18.2 Å². The zero-order valence-corrected chi connectivity index (χ0v) is 25.9. The summed E-state index contributed by atoms with van der Waals surface area (Å²) in [6, 6.07) is 10.1. The van der Waals surface area contributed by atoms with Crippen LogP contribution in [-0.4, -0.2) is 52.5 Å². The lowest BCUT2D eigenvalue weighted by atomic mass is 10.0. The number of aromatic nitrogens is 4. The fourth-order valence-corrected chi connectivity index (χ4v) is 5.86. The number of H-pyrrole nitrogens is 2. The van der Waals surface area contributed by atoms with Crippen molar-refractivity contribution >= 4 is 56.1 Å². The molecule has 0 unspecified atom stereocenters. The Hall–Kier alpha value is -4.34. The summed E-state index contributed by atoms with van der Waals surface area (Å²) in [5, 5.41) is 0. The smallest absolute Gasteiger partial charge is 0.305 e. The van der Waals surface area contributed by atoms with Gasteiger partial charge in [0.05, 0.1) is 43.6 Å². The summed E-state index contributed by atoms with van der Waals surface area (Å²) >= 11 is 0. The minimum atomic E-state index is -0.260. The van der Waals surface area contributed by atoms with Crippen LogP contribution in [-0.2, 0) is 30.5 Å². The first-order valence-electron chi connectivity index (χ1n) is 14.5. The molecule has 9 nitrogen and oxygen atoms in total. The standard InChI is InChI=1S/C34H38N4O5/c1-18-13-23-14-27-20(3)25(10-11-33(40)41-6)31(36-27)17-30-24(9-8-12-43-42-7)19(2)28(37-30)16-29-21(4)34(22(5)39)32(38-29)15-26(18)35-23/h13-17,35,37H,8-12H2,1-7H3. The van der Waals surface area contributed by atoms with Crippen LogP contribution in [0.25, 0.3) is 44.4 Å². The van der Waals surface area contributed by atoms with Gasteiger partial charge in [-0.1, -0.05) is 0 Å². The maximum absolute atomic E-state index is 12.8. The molecule has 8 bridgehead atoms. The number of nitrogens with one attached hydrogen (secondary N) is 2. The average molecular weight is 583 g/mol. The first kappa shape index (κ1) is 30.1. The highest BCUT2D eigenvalue weighted by Crippen LogP contribution is 2.36. The van der Waals surface area contributed by atoms with Crippen molar-refractivity contribution in [1.29, 1.82) is 0 Å². The van der Waals surface area contributed by atoms with Gasteiger partial charge in [0.1, 0.15) is 0 Å². The monoisotopic (exact) mass is 582 g/mol. The van der Waals surface area contributed by atoms with E-state index in [9.17, 15) is 9.59 Å². The summed E-state index contributed by atoms with van der Waals surface area (Å²) in [6.45, 7) is 10.1. The quantitative estimate of drug-likeness (QED) is 0.123. The topological polar surface area (TPSA) is 119 Å². The molecule has 3 aromatic rings. The van der Waals surface area contributed by atoms with Crippen molar-refractivity contribution in [2.75, 3.05) is 20.8 Å². The van der Waals surface area contributed by atoms with Crippen LogP contribution in [0.15, 0.2) is 30.3 Å². The highest BCUT2D eigenvalue weighted by Gasteiger charge is 2.22. The fraction of sp³-hybridized carbons (Fsp3) is 0.353. The molecule has 2 aliphatic heterocycles. The molecule has 5 rings (SSSR count). The van der Waals surface area contributed by atoms with Crippen molar-refractivity contribution in [2.45, 2.75) is 60.3 Å². The van der Waals surface area contributed by atoms with E-state index in [0.29, 0.717) is 24.3 Å². The second kappa shape index (κ2) is 12.5. The Bertz CT molecular complexity index is 1840. The van der Waals surface area contributed by atoms with Crippen LogP contribution in [0.2, 0.25) is 0 Å². The van der Waals surface area contributed by atoms with Crippen LogP contribution in [0.5, 0.6) is 0 Å². The summed E-state index contributed by atoms with van der Waals surface area (Å²) in [4.78, 5) is 51.9. The van der Waals surface area contributed by atoms with Crippen LogP contribution in [0, 0.1) is 13.8 Å². The second-order valence-corrected chi connectivity index (χ2v) is 11.0. The number of aryl methyl sites for hydroxylation is 3. The number of carbonyl (C=O) groups is 2. The van der Waals surface area contributed by atoms with Gasteiger partial charge in [0.2, 0.25) is 0 Å². The molecular formula is C34H38N4O5. The zero-order valence-electron chi connectivity index (χ0n) is 25.9. The minimum absolute atomic E-state index is 0.0239. The Balaban J connectivity index is 1.84. The zero-order chi connectivity index (χ0) is 30.8. The van der Waals surface area contributed by atoms with Crippen molar-refractivity contribution in [3.05, 3.63) is 69.8 Å². The average Bonchev–Trinajstić information content (AvgIpc) is 3.65. The molecule has 2 N–H and O–H groups in total. The molecule has 0 radical (unpaired) electrons. The van der Waals surface area contributed by atoms with E-state index in [1.807, 2.05) is 39.0 Å². The summed E-state index contributed by atoms with van der Waals surface area (Å²) in [7, 11) is 2.91. The van der Waals surface area contributed by atoms with Gasteiger partial charge in [0, 0.05) is 34.1 Å². The number of hydrogen-bond acceptors (Lipinski definition) is 7. The highest BCUT2D eigenvalue weighted by molar-refractivity contribution is 6.27. The molecule has 0 aliphatic carbocycles. The second-order valence-electron chi connectivity index (χ2n) is 11.0. The summed E-state index contributed by atoms with van der Waals surface area (Å²) in [6.07, 6.45) is 2.27. The van der Waals surface area contributed by atoms with E-state index in [4.69, 9.17) is 24.5 Å². The van der Waals surface area contributed by atoms with Crippen molar-refractivity contribution in [3.8, 4) is 0 Å². The van der Waals surface area contributed by atoms with E-state index in [2.05, 4.69) is 29.0 Å². The van der Waals surface area contributed by atoms with E-state index < -0.39 is 0 Å². The third kappa shape index (κ3) is 6.09. The molecule has 2 aliphatic rings. The predicted octanol–water partition coefficient (Wildman–Crippen LogP) is 6.85. The SMILES string of the molecule is COOCCCc1c(C)c2cc3nc(cc4[nH]c(cc5nc(cc1[nH]2)C(CCC(=O)OC)=C5C)cc4C)C(C(C)=O)=C3C. The highest BCUT2D eigenvalue weighted by atomic mass is 17.2. The summed E-state index contributed by atoms with van der Waals surface area (Å²) < 4.78 is 4.93. The molecule has 5 heterocycles. The van der Waals surface area contributed by atoms with Crippen LogP contribution in [0.1, 0.15) is 79.5 Å². The van der Waals surface area contributed by atoms with E-state index in [1.54, 1.807) is 6.92 Å². The molecule has 3 aromatic heterocycles. The number of Topliss-reactive ketones (excluding diaryl/α,β-unsaturated/α-hetero) is 1. The first-order valence-corrected chi connectivity index (χ1v) is 14.5.